The molecule has 1 aromatic carbocycles. The van der Waals surface area contributed by atoms with E-state index >= 15 is 0 Å². The van der Waals surface area contributed by atoms with E-state index in [1.54, 1.807) is 37.8 Å². The molecule has 4 rings (SSSR count). The maximum absolute atomic E-state index is 12.8. The Labute approximate surface area is 181 Å². The Morgan fingerprint density at radius 3 is 2.55 bits per heavy atom. The second-order valence-electron chi connectivity index (χ2n) is 7.70. The first-order chi connectivity index (χ1) is 15.1. The van der Waals surface area contributed by atoms with Crippen LogP contribution in [0.5, 0.6) is 5.75 Å². The number of rotatable bonds is 6. The number of aryl methyl sites for hydroxylation is 1. The van der Waals surface area contributed by atoms with Crippen LogP contribution in [0.15, 0.2) is 55.1 Å². The number of benzene rings is 1. The summed E-state index contributed by atoms with van der Waals surface area (Å²) in [6.45, 7) is 5.17. The van der Waals surface area contributed by atoms with Gasteiger partial charge in [0.05, 0.1) is 11.9 Å². The van der Waals surface area contributed by atoms with Gasteiger partial charge in [0.25, 0.3) is 5.91 Å². The van der Waals surface area contributed by atoms with Crippen LogP contribution in [0, 0.1) is 6.92 Å². The van der Waals surface area contributed by atoms with Crippen molar-refractivity contribution in [2.45, 2.75) is 38.7 Å². The largest absolute Gasteiger partial charge is 0.481 e. The number of hydrogen-bond donors (Lipinski definition) is 1. The van der Waals surface area contributed by atoms with Gasteiger partial charge >= 0.3 is 0 Å². The van der Waals surface area contributed by atoms with Crippen molar-refractivity contribution >= 4 is 17.7 Å². The van der Waals surface area contributed by atoms with Crippen molar-refractivity contribution in [2.24, 2.45) is 0 Å². The standard InChI is InChI=1S/C23H26N6O2/c1-16-4-6-19(7-5-16)31-17(2)22(30)29-12-8-18(9-13-29)20-14-24-15-21(27-20)28-23-25-10-3-11-26-23/h3-7,10-11,14-15,17-18H,8-9,12-13H2,1-2H3,(H,25,26,27,28)/t17-/m1/s1. The predicted octanol–water partition coefficient (Wildman–Crippen LogP) is 3.49. The van der Waals surface area contributed by atoms with Gasteiger partial charge in [0.15, 0.2) is 11.9 Å². The van der Waals surface area contributed by atoms with Gasteiger partial charge in [-0.05, 0) is 44.9 Å². The lowest BCUT2D eigenvalue weighted by Gasteiger charge is -2.33. The minimum Gasteiger partial charge on any atom is -0.481 e. The van der Waals surface area contributed by atoms with Crippen LogP contribution in [0.25, 0.3) is 0 Å². The lowest BCUT2D eigenvalue weighted by Crippen LogP contribution is -2.44. The molecule has 0 bridgehead atoms. The average molecular weight is 419 g/mol. The molecule has 160 valence electrons. The number of anilines is 2. The molecule has 8 nitrogen and oxygen atoms in total. The number of piperidine rings is 1. The number of hydrogen-bond acceptors (Lipinski definition) is 7. The summed E-state index contributed by atoms with van der Waals surface area (Å²) < 4.78 is 5.83. The second-order valence-corrected chi connectivity index (χ2v) is 7.70. The van der Waals surface area contributed by atoms with Crippen molar-refractivity contribution < 1.29 is 9.53 Å². The molecular weight excluding hydrogens is 392 g/mol. The van der Waals surface area contributed by atoms with E-state index in [1.165, 1.54) is 0 Å². The van der Waals surface area contributed by atoms with Gasteiger partial charge in [-0.25, -0.2) is 15.0 Å². The normalized spacial score (nSPS) is 15.4. The molecule has 1 amide bonds. The third-order valence-electron chi connectivity index (χ3n) is 5.37. The maximum Gasteiger partial charge on any atom is 0.263 e. The number of amides is 1. The fourth-order valence-electron chi connectivity index (χ4n) is 3.64. The molecule has 0 saturated carbocycles. The van der Waals surface area contributed by atoms with Gasteiger partial charge in [-0.3, -0.25) is 9.78 Å². The van der Waals surface area contributed by atoms with E-state index < -0.39 is 6.10 Å². The summed E-state index contributed by atoms with van der Waals surface area (Å²) in [5.41, 5.74) is 2.07. The molecule has 1 fully saturated rings. The molecule has 1 aliphatic heterocycles. The second kappa shape index (κ2) is 9.51. The molecule has 31 heavy (non-hydrogen) atoms. The Bertz CT molecular complexity index is 1000. The van der Waals surface area contributed by atoms with Crippen molar-refractivity contribution in [3.05, 3.63) is 66.4 Å². The lowest BCUT2D eigenvalue weighted by molar-refractivity contribution is -0.139. The highest BCUT2D eigenvalue weighted by molar-refractivity contribution is 5.81. The Balaban J connectivity index is 1.32. The Kier molecular flexibility index (Phi) is 6.35. The SMILES string of the molecule is Cc1ccc(O[C@H](C)C(=O)N2CCC(c3cncc(Nc4ncccn4)n3)CC2)cc1. The fourth-order valence-corrected chi connectivity index (χ4v) is 3.64. The number of aromatic nitrogens is 4. The molecule has 1 N–H and O–H groups in total. The van der Waals surface area contributed by atoms with E-state index in [2.05, 4.69) is 25.3 Å². The van der Waals surface area contributed by atoms with E-state index in [-0.39, 0.29) is 11.8 Å². The van der Waals surface area contributed by atoms with Crippen molar-refractivity contribution in [2.75, 3.05) is 18.4 Å². The summed E-state index contributed by atoms with van der Waals surface area (Å²) in [6, 6.07) is 9.50. The third kappa shape index (κ3) is 5.33. The van der Waals surface area contributed by atoms with Crippen molar-refractivity contribution in [1.82, 2.24) is 24.8 Å². The molecule has 1 saturated heterocycles. The molecule has 0 aliphatic carbocycles. The quantitative estimate of drug-likeness (QED) is 0.655. The highest BCUT2D eigenvalue weighted by atomic mass is 16.5. The highest BCUT2D eigenvalue weighted by Gasteiger charge is 2.28. The first-order valence-corrected chi connectivity index (χ1v) is 10.5. The summed E-state index contributed by atoms with van der Waals surface area (Å²) >= 11 is 0. The molecule has 1 atom stereocenters. The predicted molar refractivity (Wildman–Crippen MR) is 117 cm³/mol. The van der Waals surface area contributed by atoms with Crippen LogP contribution in [0.3, 0.4) is 0 Å². The Morgan fingerprint density at radius 2 is 1.84 bits per heavy atom. The summed E-state index contributed by atoms with van der Waals surface area (Å²) in [5, 5.41) is 3.08. The molecular formula is C23H26N6O2. The minimum atomic E-state index is -0.516. The Hall–Kier alpha value is -3.55. The molecule has 3 aromatic rings. The molecule has 0 unspecified atom stereocenters. The summed E-state index contributed by atoms with van der Waals surface area (Å²) in [4.78, 5) is 32.0. The number of ether oxygens (including phenoxy) is 1. The monoisotopic (exact) mass is 418 g/mol. The van der Waals surface area contributed by atoms with Crippen molar-refractivity contribution in [3.63, 3.8) is 0 Å². The first kappa shape index (κ1) is 20.7. The van der Waals surface area contributed by atoms with E-state index in [0.29, 0.717) is 30.6 Å². The molecule has 8 heteroatoms. The van der Waals surface area contributed by atoms with Crippen LogP contribution < -0.4 is 10.1 Å². The van der Waals surface area contributed by atoms with Gasteiger partial charge in [-0.2, -0.15) is 0 Å². The van der Waals surface area contributed by atoms with Crippen molar-refractivity contribution in [1.29, 1.82) is 0 Å². The topological polar surface area (TPSA) is 93.1 Å². The van der Waals surface area contributed by atoms with Crippen LogP contribution in [0.2, 0.25) is 0 Å². The molecule has 1 aliphatic rings. The van der Waals surface area contributed by atoms with Gasteiger partial charge in [0.2, 0.25) is 5.95 Å². The number of carbonyl (C=O) groups excluding carboxylic acids is 1. The fraction of sp³-hybridized carbons (Fsp3) is 0.348. The van der Waals surface area contributed by atoms with E-state index in [0.717, 1.165) is 24.1 Å². The van der Waals surface area contributed by atoms with Crippen LogP contribution >= 0.6 is 0 Å². The smallest absolute Gasteiger partial charge is 0.263 e. The van der Waals surface area contributed by atoms with Gasteiger partial charge in [0.1, 0.15) is 5.75 Å². The van der Waals surface area contributed by atoms with Crippen LogP contribution in [-0.4, -0.2) is 49.9 Å². The zero-order valence-electron chi connectivity index (χ0n) is 17.7. The van der Waals surface area contributed by atoms with Crippen LogP contribution in [-0.2, 0) is 4.79 Å². The number of nitrogens with one attached hydrogen (secondary N) is 1. The average Bonchev–Trinajstić information content (AvgIpc) is 2.81. The summed E-state index contributed by atoms with van der Waals surface area (Å²) in [6.07, 6.45) is 7.94. The first-order valence-electron chi connectivity index (χ1n) is 10.5. The van der Waals surface area contributed by atoms with Gasteiger partial charge in [-0.1, -0.05) is 17.7 Å². The van der Waals surface area contributed by atoms with Crippen molar-refractivity contribution in [3.8, 4) is 5.75 Å². The maximum atomic E-state index is 12.8. The van der Waals surface area contributed by atoms with Gasteiger partial charge in [-0.15, -0.1) is 0 Å². The van der Waals surface area contributed by atoms with E-state index in [9.17, 15) is 4.79 Å². The zero-order valence-corrected chi connectivity index (χ0v) is 17.7. The lowest BCUT2D eigenvalue weighted by atomic mass is 9.93. The molecule has 3 heterocycles. The van der Waals surface area contributed by atoms with Gasteiger partial charge in [0, 0.05) is 37.6 Å². The molecule has 0 spiro atoms. The minimum absolute atomic E-state index is 0.0155. The molecule has 0 radical (unpaired) electrons. The number of nitrogens with zero attached hydrogens (tertiary/aromatic N) is 5. The zero-order chi connectivity index (χ0) is 21.6. The highest BCUT2D eigenvalue weighted by Crippen LogP contribution is 2.28. The third-order valence-corrected chi connectivity index (χ3v) is 5.37. The summed E-state index contributed by atoms with van der Waals surface area (Å²) in [7, 11) is 0. The molecule has 2 aromatic heterocycles. The Morgan fingerprint density at radius 1 is 1.13 bits per heavy atom. The van der Waals surface area contributed by atoms with Crippen LogP contribution in [0.4, 0.5) is 11.8 Å². The number of carbonyl (C=O) groups is 1. The van der Waals surface area contributed by atoms with E-state index in [1.807, 2.05) is 36.1 Å². The van der Waals surface area contributed by atoms with Gasteiger partial charge < -0.3 is 15.0 Å². The summed E-state index contributed by atoms with van der Waals surface area (Å²) in [5.74, 6) is 2.08. The van der Waals surface area contributed by atoms with Crippen LogP contribution in [0.1, 0.15) is 36.9 Å². The van der Waals surface area contributed by atoms with E-state index in [4.69, 9.17) is 4.74 Å². The number of likely N-dealkylation sites (tertiary alicyclic amines) is 1.